The van der Waals surface area contributed by atoms with Gasteiger partial charge < -0.3 is 10.6 Å². The van der Waals surface area contributed by atoms with E-state index in [1.165, 1.54) is 0 Å². The molecule has 1 saturated carbocycles. The van der Waals surface area contributed by atoms with E-state index in [-0.39, 0.29) is 5.91 Å². The quantitative estimate of drug-likeness (QED) is 0.776. The first-order valence-electron chi connectivity index (χ1n) is 5.01. The smallest absolute Gasteiger partial charge is 0.234 e. The molecule has 0 aliphatic heterocycles. The van der Waals surface area contributed by atoms with E-state index >= 15 is 0 Å². The van der Waals surface area contributed by atoms with Crippen molar-refractivity contribution in [2.75, 3.05) is 19.8 Å². The highest BCUT2D eigenvalue weighted by Crippen LogP contribution is 2.50. The fourth-order valence-corrected chi connectivity index (χ4v) is 1.92. The molecule has 2 rings (SSSR count). The van der Waals surface area contributed by atoms with Gasteiger partial charge in [-0.05, 0) is 25.0 Å². The van der Waals surface area contributed by atoms with Crippen molar-refractivity contribution in [2.45, 2.75) is 18.3 Å². The summed E-state index contributed by atoms with van der Waals surface area (Å²) in [5.41, 5.74) is 6.77. The van der Waals surface area contributed by atoms with Crippen LogP contribution < -0.4 is 5.73 Å². The van der Waals surface area contributed by atoms with Crippen LogP contribution in [0.4, 0.5) is 5.69 Å². The molecule has 1 aromatic rings. The van der Waals surface area contributed by atoms with Crippen molar-refractivity contribution < 1.29 is 4.79 Å². The van der Waals surface area contributed by atoms with Gasteiger partial charge >= 0.3 is 0 Å². The topological polar surface area (TPSA) is 59.2 Å². The first-order valence-corrected chi connectivity index (χ1v) is 5.01. The van der Waals surface area contributed by atoms with E-state index in [0.29, 0.717) is 5.69 Å². The second-order valence-electron chi connectivity index (χ2n) is 4.22. The zero-order chi connectivity index (χ0) is 11.1. The van der Waals surface area contributed by atoms with Crippen LogP contribution in [0.1, 0.15) is 18.5 Å². The fourth-order valence-electron chi connectivity index (χ4n) is 1.92. The molecule has 0 spiro atoms. The lowest BCUT2D eigenvalue weighted by molar-refractivity contribution is -0.131. The van der Waals surface area contributed by atoms with E-state index < -0.39 is 5.41 Å². The summed E-state index contributed by atoms with van der Waals surface area (Å²) in [5.74, 6) is 0.105. The number of carbonyl (C=O) groups excluding carboxylic acids is 1. The number of anilines is 1. The molecule has 0 radical (unpaired) electrons. The average molecular weight is 205 g/mol. The number of pyridine rings is 1. The lowest BCUT2D eigenvalue weighted by Gasteiger charge is -2.20. The minimum Gasteiger partial charge on any atom is -0.397 e. The van der Waals surface area contributed by atoms with E-state index in [4.69, 9.17) is 5.73 Å². The van der Waals surface area contributed by atoms with E-state index in [9.17, 15) is 4.79 Å². The molecule has 1 amide bonds. The molecule has 1 aliphatic rings. The molecule has 1 aromatic heterocycles. The Labute approximate surface area is 89.1 Å². The summed E-state index contributed by atoms with van der Waals surface area (Å²) in [6.07, 6.45) is 3.39. The fraction of sp³-hybridized carbons (Fsp3) is 0.455. The largest absolute Gasteiger partial charge is 0.397 e. The predicted molar refractivity (Wildman–Crippen MR) is 58.3 cm³/mol. The van der Waals surface area contributed by atoms with E-state index in [1.54, 1.807) is 37.3 Å². The van der Waals surface area contributed by atoms with Crippen LogP contribution in [0.25, 0.3) is 0 Å². The standard InChI is InChI=1S/C11H15N3O/c1-14(2)10(15)11(5-6-11)9-8(12)4-3-7-13-9/h3-4,7H,5-6,12H2,1-2H3. The predicted octanol–water partition coefficient (Wildman–Crippen LogP) is 0.784. The van der Waals surface area contributed by atoms with Crippen LogP contribution in [0.3, 0.4) is 0 Å². The van der Waals surface area contributed by atoms with Crippen molar-refractivity contribution in [2.24, 2.45) is 0 Å². The number of nitrogens with zero attached hydrogens (tertiary/aromatic N) is 2. The highest BCUT2D eigenvalue weighted by Gasteiger charge is 2.54. The van der Waals surface area contributed by atoms with E-state index in [0.717, 1.165) is 18.5 Å². The van der Waals surface area contributed by atoms with Crippen LogP contribution in [-0.2, 0) is 10.2 Å². The van der Waals surface area contributed by atoms with Gasteiger partial charge in [-0.3, -0.25) is 9.78 Å². The second-order valence-corrected chi connectivity index (χ2v) is 4.22. The van der Waals surface area contributed by atoms with Gasteiger partial charge in [-0.1, -0.05) is 0 Å². The minimum atomic E-state index is -0.436. The molecule has 2 N–H and O–H groups in total. The molecule has 0 bridgehead atoms. The molecule has 80 valence electrons. The van der Waals surface area contributed by atoms with Crippen LogP contribution in [0.2, 0.25) is 0 Å². The number of hydrogen-bond acceptors (Lipinski definition) is 3. The number of amides is 1. The Morgan fingerprint density at radius 3 is 2.67 bits per heavy atom. The van der Waals surface area contributed by atoms with Gasteiger partial charge in [0.05, 0.1) is 16.8 Å². The summed E-state index contributed by atoms with van der Waals surface area (Å²) in [4.78, 5) is 17.9. The van der Waals surface area contributed by atoms with Gasteiger partial charge in [0.25, 0.3) is 0 Å². The van der Waals surface area contributed by atoms with Crippen molar-refractivity contribution in [3.05, 3.63) is 24.0 Å². The van der Waals surface area contributed by atoms with Crippen molar-refractivity contribution >= 4 is 11.6 Å². The van der Waals surface area contributed by atoms with Gasteiger partial charge in [0.2, 0.25) is 5.91 Å². The number of nitrogens with two attached hydrogens (primary N) is 1. The van der Waals surface area contributed by atoms with Gasteiger partial charge in [0.15, 0.2) is 0 Å². The number of nitrogen functional groups attached to an aromatic ring is 1. The normalized spacial score (nSPS) is 17.2. The Balaban J connectivity index is 2.39. The molecular weight excluding hydrogens is 190 g/mol. The summed E-state index contributed by atoms with van der Waals surface area (Å²) >= 11 is 0. The first kappa shape index (κ1) is 9.96. The lowest BCUT2D eigenvalue weighted by atomic mass is 9.98. The van der Waals surface area contributed by atoms with Crippen LogP contribution >= 0.6 is 0 Å². The molecule has 1 fully saturated rings. The number of likely N-dealkylation sites (N-methyl/N-ethyl adjacent to an activating group) is 1. The van der Waals surface area contributed by atoms with Crippen LogP contribution in [0.15, 0.2) is 18.3 Å². The van der Waals surface area contributed by atoms with Gasteiger partial charge in [-0.15, -0.1) is 0 Å². The zero-order valence-corrected chi connectivity index (χ0v) is 9.03. The van der Waals surface area contributed by atoms with Gasteiger partial charge in [-0.25, -0.2) is 0 Å². The number of rotatable bonds is 2. The third-order valence-electron chi connectivity index (χ3n) is 2.86. The van der Waals surface area contributed by atoms with E-state index in [1.807, 2.05) is 0 Å². The third-order valence-corrected chi connectivity index (χ3v) is 2.86. The maximum Gasteiger partial charge on any atom is 0.234 e. The minimum absolute atomic E-state index is 0.105. The SMILES string of the molecule is CN(C)C(=O)C1(c2ncccc2N)CC1. The average Bonchev–Trinajstić information content (AvgIpc) is 2.98. The number of carbonyl (C=O) groups is 1. The molecule has 0 unspecified atom stereocenters. The Hall–Kier alpha value is -1.58. The number of hydrogen-bond donors (Lipinski definition) is 1. The van der Waals surface area contributed by atoms with Crippen molar-refractivity contribution in [1.82, 2.24) is 9.88 Å². The monoisotopic (exact) mass is 205 g/mol. The molecule has 1 aliphatic carbocycles. The molecule has 4 nitrogen and oxygen atoms in total. The highest BCUT2D eigenvalue weighted by molar-refractivity contribution is 5.91. The first-order chi connectivity index (χ1) is 7.08. The molecule has 0 atom stereocenters. The zero-order valence-electron chi connectivity index (χ0n) is 9.03. The Bertz CT molecular complexity index is 397. The van der Waals surface area contributed by atoms with Gasteiger partial charge in [-0.2, -0.15) is 0 Å². The van der Waals surface area contributed by atoms with Crippen molar-refractivity contribution in [1.29, 1.82) is 0 Å². The Morgan fingerprint density at radius 2 is 2.20 bits per heavy atom. The molecule has 0 saturated heterocycles. The van der Waals surface area contributed by atoms with Gasteiger partial charge in [0, 0.05) is 20.3 Å². The summed E-state index contributed by atoms with van der Waals surface area (Å²) < 4.78 is 0. The second kappa shape index (κ2) is 3.22. The van der Waals surface area contributed by atoms with Crippen LogP contribution in [0.5, 0.6) is 0 Å². The summed E-state index contributed by atoms with van der Waals surface area (Å²) in [6, 6.07) is 3.58. The van der Waals surface area contributed by atoms with Crippen molar-refractivity contribution in [3.63, 3.8) is 0 Å². The maximum atomic E-state index is 12.0. The Morgan fingerprint density at radius 1 is 1.53 bits per heavy atom. The molecule has 1 heterocycles. The van der Waals surface area contributed by atoms with Gasteiger partial charge in [0.1, 0.15) is 0 Å². The molecular formula is C11H15N3O. The summed E-state index contributed by atoms with van der Waals surface area (Å²) in [7, 11) is 3.53. The Kier molecular flexibility index (Phi) is 2.14. The third kappa shape index (κ3) is 1.46. The highest BCUT2D eigenvalue weighted by atomic mass is 16.2. The number of aromatic nitrogens is 1. The molecule has 4 heteroatoms. The van der Waals surface area contributed by atoms with Crippen molar-refractivity contribution in [3.8, 4) is 0 Å². The maximum absolute atomic E-state index is 12.0. The summed E-state index contributed by atoms with van der Waals surface area (Å²) in [6.45, 7) is 0. The summed E-state index contributed by atoms with van der Waals surface area (Å²) in [5, 5.41) is 0. The van der Waals surface area contributed by atoms with Crippen LogP contribution in [0, 0.1) is 0 Å². The van der Waals surface area contributed by atoms with E-state index in [2.05, 4.69) is 4.98 Å². The van der Waals surface area contributed by atoms with Crippen LogP contribution in [-0.4, -0.2) is 29.9 Å². The molecule has 15 heavy (non-hydrogen) atoms. The lowest BCUT2D eigenvalue weighted by Crippen LogP contribution is -2.34. The molecule has 0 aromatic carbocycles.